The maximum absolute atomic E-state index is 13.3. The van der Waals surface area contributed by atoms with Crippen LogP contribution in [0.25, 0.3) is 10.2 Å². The Hall–Kier alpha value is -1.87. The summed E-state index contributed by atoms with van der Waals surface area (Å²) in [6.07, 6.45) is 4.07. The molecule has 1 aliphatic carbocycles. The summed E-state index contributed by atoms with van der Waals surface area (Å²) in [6, 6.07) is -0.431. The number of amides is 3. The van der Waals surface area contributed by atoms with Crippen LogP contribution in [0.3, 0.4) is 0 Å². The van der Waals surface area contributed by atoms with Gasteiger partial charge < -0.3 is 5.32 Å². The van der Waals surface area contributed by atoms with Crippen LogP contribution in [0.1, 0.15) is 49.1 Å². The van der Waals surface area contributed by atoms with Crippen molar-refractivity contribution >= 4 is 45.3 Å². The molecular weight excluding hydrogens is 384 g/mol. The van der Waals surface area contributed by atoms with Gasteiger partial charge in [0.15, 0.2) is 5.16 Å². The number of carbonyl (C=O) groups excluding carboxylic acids is 2. The second-order valence-electron chi connectivity index (χ2n) is 6.80. The second kappa shape index (κ2) is 8.02. The molecule has 146 valence electrons. The van der Waals surface area contributed by atoms with E-state index in [1.165, 1.54) is 30.1 Å². The van der Waals surface area contributed by atoms with Crippen molar-refractivity contribution in [3.8, 4) is 0 Å². The number of imide groups is 1. The topological polar surface area (TPSA) is 93.1 Å². The average molecular weight is 409 g/mol. The fraction of sp³-hybridized carbons (Fsp3) is 0.556. The lowest BCUT2D eigenvalue weighted by atomic mass is 10.2. The van der Waals surface area contributed by atoms with E-state index < -0.39 is 17.2 Å². The van der Waals surface area contributed by atoms with Crippen molar-refractivity contribution in [1.82, 2.24) is 20.2 Å². The Bertz CT molecular complexity index is 944. The predicted octanol–water partition coefficient (Wildman–Crippen LogP) is 3.13. The average Bonchev–Trinajstić information content (AvgIpc) is 3.23. The molecule has 0 saturated heterocycles. The number of hydrogen-bond donors (Lipinski definition) is 2. The van der Waals surface area contributed by atoms with Crippen molar-refractivity contribution in [3.63, 3.8) is 0 Å². The highest BCUT2D eigenvalue weighted by Gasteiger charge is 2.27. The summed E-state index contributed by atoms with van der Waals surface area (Å²) < 4.78 is 1.78. The molecule has 1 unspecified atom stereocenters. The van der Waals surface area contributed by atoms with Crippen LogP contribution < -0.4 is 16.2 Å². The highest BCUT2D eigenvalue weighted by Crippen LogP contribution is 2.35. The Morgan fingerprint density at radius 3 is 2.59 bits per heavy atom. The predicted molar refractivity (Wildman–Crippen MR) is 109 cm³/mol. The summed E-state index contributed by atoms with van der Waals surface area (Å²) in [5.41, 5.74) is 0.969. The first-order valence-corrected chi connectivity index (χ1v) is 10.7. The van der Waals surface area contributed by atoms with E-state index >= 15 is 0 Å². The maximum Gasteiger partial charge on any atom is 0.321 e. The summed E-state index contributed by atoms with van der Waals surface area (Å²) in [5, 5.41) is 5.34. The number of carbonyl (C=O) groups is 2. The molecule has 7 nitrogen and oxygen atoms in total. The number of thioether (sulfide) groups is 1. The Kier molecular flexibility index (Phi) is 5.90. The van der Waals surface area contributed by atoms with Gasteiger partial charge in [0.05, 0.1) is 10.6 Å². The Morgan fingerprint density at radius 1 is 1.30 bits per heavy atom. The van der Waals surface area contributed by atoms with Gasteiger partial charge in [-0.2, -0.15) is 0 Å². The molecule has 27 heavy (non-hydrogen) atoms. The molecule has 1 fully saturated rings. The summed E-state index contributed by atoms with van der Waals surface area (Å²) in [5.74, 6) is -0.412. The molecule has 0 spiro atoms. The summed E-state index contributed by atoms with van der Waals surface area (Å²) in [6.45, 7) is 5.67. The third-order valence-corrected chi connectivity index (χ3v) is 7.18. The molecule has 0 aliphatic heterocycles. The SMILES string of the molecule is CNC(=O)NC(=O)C(C)Sc1nc2sc(C)c(C)c2c(=O)n1C1CCCC1. The molecule has 2 aromatic rings. The molecule has 0 aromatic carbocycles. The number of urea groups is 1. The molecular formula is C18H24N4O3S2. The zero-order valence-corrected chi connectivity index (χ0v) is 17.6. The van der Waals surface area contributed by atoms with E-state index in [4.69, 9.17) is 4.98 Å². The summed E-state index contributed by atoms with van der Waals surface area (Å²) in [4.78, 5) is 43.5. The third kappa shape index (κ3) is 3.89. The van der Waals surface area contributed by atoms with Crippen molar-refractivity contribution in [2.45, 2.75) is 62.9 Å². The number of rotatable bonds is 4. The van der Waals surface area contributed by atoms with Crippen molar-refractivity contribution < 1.29 is 9.59 Å². The monoisotopic (exact) mass is 408 g/mol. The zero-order valence-electron chi connectivity index (χ0n) is 15.9. The van der Waals surface area contributed by atoms with Crippen LogP contribution in [0.2, 0.25) is 0 Å². The number of aryl methyl sites for hydroxylation is 2. The van der Waals surface area contributed by atoms with Gasteiger partial charge in [-0.3, -0.25) is 19.5 Å². The molecule has 1 aliphatic rings. The maximum atomic E-state index is 13.3. The number of thiophene rings is 1. The summed E-state index contributed by atoms with van der Waals surface area (Å²) in [7, 11) is 1.45. The molecule has 3 rings (SSSR count). The van der Waals surface area contributed by atoms with Crippen LogP contribution in [0.15, 0.2) is 9.95 Å². The second-order valence-corrected chi connectivity index (χ2v) is 9.31. The normalized spacial score (nSPS) is 15.9. The number of nitrogens with zero attached hydrogens (tertiary/aromatic N) is 2. The van der Waals surface area contributed by atoms with Crippen LogP contribution in [0.5, 0.6) is 0 Å². The van der Waals surface area contributed by atoms with Gasteiger partial charge in [-0.1, -0.05) is 24.6 Å². The van der Waals surface area contributed by atoms with Crippen molar-refractivity contribution in [1.29, 1.82) is 0 Å². The molecule has 3 amide bonds. The fourth-order valence-electron chi connectivity index (χ4n) is 3.34. The van der Waals surface area contributed by atoms with E-state index in [0.29, 0.717) is 15.4 Å². The molecule has 0 radical (unpaired) electrons. The van der Waals surface area contributed by atoms with Gasteiger partial charge in [0.25, 0.3) is 5.56 Å². The molecule has 2 aromatic heterocycles. The lowest BCUT2D eigenvalue weighted by molar-refractivity contribution is -0.119. The molecule has 9 heteroatoms. The smallest absolute Gasteiger partial charge is 0.321 e. The van der Waals surface area contributed by atoms with E-state index in [1.54, 1.807) is 11.5 Å². The Labute approximate surface area is 165 Å². The van der Waals surface area contributed by atoms with Crippen LogP contribution >= 0.6 is 23.1 Å². The van der Waals surface area contributed by atoms with Crippen LogP contribution in [-0.2, 0) is 4.79 Å². The van der Waals surface area contributed by atoms with Crippen molar-refractivity contribution in [2.75, 3.05) is 7.05 Å². The molecule has 2 N–H and O–H groups in total. The van der Waals surface area contributed by atoms with Gasteiger partial charge in [0, 0.05) is 18.0 Å². The van der Waals surface area contributed by atoms with E-state index in [0.717, 1.165) is 36.1 Å². The first-order valence-electron chi connectivity index (χ1n) is 9.05. The van der Waals surface area contributed by atoms with Crippen molar-refractivity contribution in [3.05, 3.63) is 20.8 Å². The Balaban J connectivity index is 2.02. The number of fused-ring (bicyclic) bond motifs is 1. The van der Waals surface area contributed by atoms with Crippen LogP contribution in [-0.4, -0.2) is 33.8 Å². The highest BCUT2D eigenvalue weighted by atomic mass is 32.2. The van der Waals surface area contributed by atoms with Crippen LogP contribution in [0.4, 0.5) is 4.79 Å². The van der Waals surface area contributed by atoms with E-state index in [9.17, 15) is 14.4 Å². The van der Waals surface area contributed by atoms with E-state index in [1.807, 2.05) is 13.8 Å². The fourth-order valence-corrected chi connectivity index (χ4v) is 5.39. The quantitative estimate of drug-likeness (QED) is 0.599. The minimum atomic E-state index is -0.554. The number of hydrogen-bond acceptors (Lipinski definition) is 6. The lowest BCUT2D eigenvalue weighted by Crippen LogP contribution is -2.41. The largest absolute Gasteiger partial charge is 0.341 e. The number of nitrogens with one attached hydrogen (secondary N) is 2. The minimum absolute atomic E-state index is 0.0184. The first kappa shape index (κ1) is 19.9. The third-order valence-electron chi connectivity index (χ3n) is 5.01. The van der Waals surface area contributed by atoms with Gasteiger partial charge in [0.1, 0.15) is 4.83 Å². The lowest BCUT2D eigenvalue weighted by Gasteiger charge is -2.19. The van der Waals surface area contributed by atoms with Gasteiger partial charge >= 0.3 is 6.03 Å². The zero-order chi connectivity index (χ0) is 19.7. The van der Waals surface area contributed by atoms with Crippen molar-refractivity contribution in [2.24, 2.45) is 0 Å². The summed E-state index contributed by atoms with van der Waals surface area (Å²) >= 11 is 2.73. The highest BCUT2D eigenvalue weighted by molar-refractivity contribution is 8.00. The first-order chi connectivity index (χ1) is 12.8. The molecule has 1 saturated carbocycles. The molecule has 2 heterocycles. The van der Waals surface area contributed by atoms with Gasteiger partial charge in [0.2, 0.25) is 5.91 Å². The van der Waals surface area contributed by atoms with Gasteiger partial charge in [-0.25, -0.2) is 9.78 Å². The van der Waals surface area contributed by atoms with Gasteiger partial charge in [-0.05, 0) is 39.2 Å². The Morgan fingerprint density at radius 2 is 1.96 bits per heavy atom. The minimum Gasteiger partial charge on any atom is -0.341 e. The van der Waals surface area contributed by atoms with E-state index in [2.05, 4.69) is 10.6 Å². The number of aromatic nitrogens is 2. The molecule has 1 atom stereocenters. The standard InChI is InChI=1S/C18H24N4O3S2/c1-9-10(2)26-15-13(9)16(24)22(12-7-5-6-8-12)18(21-15)27-11(3)14(23)20-17(25)19-4/h11-12H,5-8H2,1-4H3,(H2,19,20,23,25). The van der Waals surface area contributed by atoms with E-state index in [-0.39, 0.29) is 11.6 Å². The van der Waals surface area contributed by atoms with Crippen LogP contribution in [0, 0.1) is 13.8 Å². The van der Waals surface area contributed by atoms with Gasteiger partial charge in [-0.15, -0.1) is 11.3 Å². The molecule has 0 bridgehead atoms.